The predicted molar refractivity (Wildman–Crippen MR) is 209 cm³/mol. The monoisotopic (exact) mass is 629 g/mol. The topological polar surface area (TPSA) is 17.8 Å². The number of nitrogens with zero attached hydrogens (tertiary/aromatic N) is 2. The van der Waals surface area contributed by atoms with Crippen LogP contribution in [0, 0.1) is 0 Å². The first-order chi connectivity index (χ1) is 26.2. The van der Waals surface area contributed by atoms with Crippen molar-refractivity contribution in [3.05, 3.63) is 170 Å². The van der Waals surface area contributed by atoms with Gasteiger partial charge in [0.1, 0.15) is 5.82 Å². The Kier molecular flexibility index (Phi) is 5.15. The van der Waals surface area contributed by atoms with Gasteiger partial charge in [0.2, 0.25) is 0 Å². The lowest BCUT2D eigenvalue weighted by atomic mass is 9.83. The Hall–Kier alpha value is -6.25. The molecule has 0 aliphatic carbocycles. The molecule has 1 heterocycles. The fourth-order valence-electron chi connectivity index (χ4n) is 7.89. The molecular formula is C47H32N2. The van der Waals surface area contributed by atoms with Crippen molar-refractivity contribution in [1.82, 2.24) is 9.55 Å². The van der Waals surface area contributed by atoms with Crippen LogP contribution in [0.5, 0.6) is 0 Å². The van der Waals surface area contributed by atoms with Gasteiger partial charge in [-0.25, -0.2) is 4.98 Å². The summed E-state index contributed by atoms with van der Waals surface area (Å²) in [6.07, 6.45) is -2.67. The van der Waals surface area contributed by atoms with Crippen molar-refractivity contribution in [2.24, 2.45) is 0 Å². The van der Waals surface area contributed by atoms with E-state index >= 15 is 0 Å². The fraction of sp³-hybridized carbons (Fsp3) is 0.0426. The number of aromatic nitrogens is 2. The van der Waals surface area contributed by atoms with Crippen LogP contribution in [-0.4, -0.2) is 9.55 Å². The lowest BCUT2D eigenvalue weighted by Gasteiger charge is -2.20. The predicted octanol–water partition coefficient (Wildman–Crippen LogP) is 12.7. The van der Waals surface area contributed by atoms with Gasteiger partial charge in [0.15, 0.2) is 0 Å². The van der Waals surface area contributed by atoms with Gasteiger partial charge in [-0.15, -0.1) is 0 Å². The summed E-state index contributed by atoms with van der Waals surface area (Å²) in [6.45, 7) is -2.90. The summed E-state index contributed by atoms with van der Waals surface area (Å²) in [6, 6.07) is 56.7. The number of imidazole rings is 1. The van der Waals surface area contributed by atoms with Crippen molar-refractivity contribution in [1.29, 1.82) is 0 Å². The first-order valence-electron chi connectivity index (χ1n) is 19.1. The maximum atomic E-state index is 8.63. The highest BCUT2D eigenvalue weighted by Gasteiger charge is 2.19. The Labute approximate surface area is 291 Å². The average Bonchev–Trinajstić information content (AvgIpc) is 3.59. The second-order valence-corrected chi connectivity index (χ2v) is 12.7. The summed E-state index contributed by atoms with van der Waals surface area (Å²) in [4.78, 5) is 4.51. The first-order valence-corrected chi connectivity index (χ1v) is 16.6. The number of para-hydroxylation sites is 2. The van der Waals surface area contributed by atoms with E-state index < -0.39 is 13.2 Å². The maximum Gasteiger partial charge on any atom is 0.114 e. The van der Waals surface area contributed by atoms with Crippen LogP contribution < -0.4 is 0 Å². The van der Waals surface area contributed by atoms with Crippen LogP contribution >= 0.6 is 0 Å². The van der Waals surface area contributed by atoms with Crippen LogP contribution in [0.15, 0.2) is 164 Å². The molecule has 0 aliphatic heterocycles. The first kappa shape index (κ1) is 23.1. The molecule has 0 amide bonds. The Bertz CT molecular complexity index is 3080. The van der Waals surface area contributed by atoms with Gasteiger partial charge in [0.05, 0.1) is 11.0 Å². The number of hydrogen-bond donors (Lipinski definition) is 0. The quantitative estimate of drug-likeness (QED) is 0.140. The van der Waals surface area contributed by atoms with Crippen LogP contribution in [0.3, 0.4) is 0 Å². The summed E-state index contributed by atoms with van der Waals surface area (Å²) >= 11 is 0. The van der Waals surface area contributed by atoms with E-state index in [-0.39, 0.29) is 5.82 Å². The molecule has 49 heavy (non-hydrogen) atoms. The highest BCUT2D eigenvalue weighted by atomic mass is 15.1. The third-order valence-corrected chi connectivity index (χ3v) is 10.0. The summed E-state index contributed by atoms with van der Waals surface area (Å²) in [5, 5.41) is 11.6. The molecule has 2 nitrogen and oxygen atoms in total. The molecular weight excluding hydrogens is 593 g/mol. The van der Waals surface area contributed by atoms with Gasteiger partial charge in [-0.1, -0.05) is 134 Å². The molecule has 0 radical (unpaired) electrons. The Morgan fingerprint density at radius 2 is 1.10 bits per heavy atom. The van der Waals surface area contributed by atoms with Crippen LogP contribution in [0.4, 0.5) is 0 Å². The molecule has 0 fully saturated rings. The third-order valence-electron chi connectivity index (χ3n) is 10.0. The van der Waals surface area contributed by atoms with Crippen molar-refractivity contribution in [2.45, 2.75) is 13.2 Å². The van der Waals surface area contributed by atoms with Gasteiger partial charge in [-0.2, -0.15) is 0 Å². The van der Waals surface area contributed by atoms with E-state index in [4.69, 9.17) is 6.85 Å². The number of hydrogen-bond acceptors (Lipinski definition) is 1. The molecule has 1 aromatic heterocycles. The van der Waals surface area contributed by atoms with Crippen molar-refractivity contribution in [3.63, 3.8) is 0 Å². The van der Waals surface area contributed by atoms with Gasteiger partial charge in [0, 0.05) is 18.9 Å². The Morgan fingerprint density at radius 1 is 0.510 bits per heavy atom. The molecule has 0 unspecified atom stereocenters. The standard InChI is InChI=1S/C47H32N2/c1-2-45-48-43-21-11-12-22-44(43)49(45)34-26-25-30-27-33(24-23-31(30)28-34)46-38-17-7-9-19-40(38)47(41-20-10-8-18-39(41)46)42-29-32-13-3-4-14-35(32)36-15-5-6-16-37(36)42/h3-29H,2H2,1H3/i1D3,2D2. The molecule has 0 spiro atoms. The lowest BCUT2D eigenvalue weighted by Crippen LogP contribution is -2.00. The van der Waals surface area contributed by atoms with E-state index in [1.807, 2.05) is 36.4 Å². The minimum Gasteiger partial charge on any atom is -0.296 e. The van der Waals surface area contributed by atoms with E-state index in [0.29, 0.717) is 16.7 Å². The molecule has 10 rings (SSSR count). The number of aryl methyl sites for hydroxylation is 1. The normalized spacial score (nSPS) is 13.9. The van der Waals surface area contributed by atoms with E-state index in [1.54, 1.807) is 10.6 Å². The fourth-order valence-corrected chi connectivity index (χ4v) is 7.89. The molecule has 0 saturated carbocycles. The molecule has 10 aromatic rings. The highest BCUT2D eigenvalue weighted by molar-refractivity contribution is 6.26. The zero-order valence-corrected chi connectivity index (χ0v) is 26.5. The van der Waals surface area contributed by atoms with Crippen LogP contribution in [0.2, 0.25) is 0 Å². The molecule has 0 saturated heterocycles. The second-order valence-electron chi connectivity index (χ2n) is 12.7. The summed E-state index contributed by atoms with van der Waals surface area (Å²) in [7, 11) is 0. The number of rotatable bonds is 4. The molecule has 9 aromatic carbocycles. The van der Waals surface area contributed by atoms with E-state index in [9.17, 15) is 0 Å². The number of fused-ring (bicyclic) bond motifs is 7. The van der Waals surface area contributed by atoms with Crippen LogP contribution in [-0.2, 0) is 6.37 Å². The van der Waals surface area contributed by atoms with Gasteiger partial charge in [-0.05, 0) is 113 Å². The SMILES string of the molecule is [2H]C([2H])([2H])C([2H])([2H])c1nc2ccccc2n1-c1ccc2cc(-c3c4ccccc4c(-c4cc5ccccc5c5ccccc45)c4ccccc34)ccc2c1. The van der Waals surface area contributed by atoms with Crippen molar-refractivity contribution in [2.75, 3.05) is 0 Å². The molecule has 0 bridgehead atoms. The van der Waals surface area contributed by atoms with Gasteiger partial charge < -0.3 is 0 Å². The summed E-state index contributed by atoms with van der Waals surface area (Å²) in [5.41, 5.74) is 6.51. The van der Waals surface area contributed by atoms with E-state index in [0.717, 1.165) is 21.9 Å². The summed E-state index contributed by atoms with van der Waals surface area (Å²) in [5.74, 6) is -0.142. The highest BCUT2D eigenvalue weighted by Crippen LogP contribution is 2.46. The van der Waals surface area contributed by atoms with Crippen LogP contribution in [0.1, 0.15) is 19.5 Å². The lowest BCUT2D eigenvalue weighted by molar-refractivity contribution is 0.909. The average molecular weight is 630 g/mol. The molecule has 230 valence electrons. The van der Waals surface area contributed by atoms with Gasteiger partial charge in [0.25, 0.3) is 0 Å². The zero-order chi connectivity index (χ0) is 36.8. The maximum absolute atomic E-state index is 8.63. The minimum absolute atomic E-state index is 0.142. The molecule has 2 heteroatoms. The Balaban J connectivity index is 1.19. The third kappa shape index (κ3) is 4.24. The van der Waals surface area contributed by atoms with Crippen molar-refractivity contribution in [3.8, 4) is 27.9 Å². The summed E-state index contributed by atoms with van der Waals surface area (Å²) < 4.78 is 42.9. The minimum atomic E-state index is -2.90. The van der Waals surface area contributed by atoms with E-state index in [1.165, 1.54) is 54.2 Å². The van der Waals surface area contributed by atoms with Gasteiger partial charge >= 0.3 is 0 Å². The van der Waals surface area contributed by atoms with Crippen LogP contribution in [0.25, 0.3) is 92.8 Å². The smallest absolute Gasteiger partial charge is 0.114 e. The molecule has 0 N–H and O–H groups in total. The zero-order valence-electron chi connectivity index (χ0n) is 31.5. The van der Waals surface area contributed by atoms with Crippen molar-refractivity contribution >= 4 is 64.9 Å². The molecule has 0 atom stereocenters. The molecule has 0 aliphatic rings. The largest absolute Gasteiger partial charge is 0.296 e. The Morgan fingerprint density at radius 3 is 1.86 bits per heavy atom. The second kappa shape index (κ2) is 10.9. The van der Waals surface area contributed by atoms with Crippen molar-refractivity contribution < 1.29 is 6.85 Å². The van der Waals surface area contributed by atoms with E-state index in [2.05, 4.69) is 126 Å². The number of benzene rings is 9. The van der Waals surface area contributed by atoms with Gasteiger partial charge in [-0.3, -0.25) is 4.57 Å².